The Kier molecular flexibility index (Phi) is 4.17. The summed E-state index contributed by atoms with van der Waals surface area (Å²) in [7, 11) is 1.54. The van der Waals surface area contributed by atoms with E-state index >= 15 is 0 Å². The van der Waals surface area contributed by atoms with E-state index in [1.54, 1.807) is 30.2 Å². The number of benzene rings is 1. The molecule has 0 aliphatic carbocycles. The first-order chi connectivity index (χ1) is 8.76. The minimum Gasteiger partial charge on any atom is -0.496 e. The predicted molar refractivity (Wildman–Crippen MR) is 65.7 cm³/mol. The van der Waals surface area contributed by atoms with Crippen molar-refractivity contribution in [3.8, 4) is 5.75 Å². The number of morpholine rings is 1. The molecule has 5 nitrogen and oxygen atoms in total. The van der Waals surface area contributed by atoms with Gasteiger partial charge in [-0.2, -0.15) is 0 Å². The molecule has 2 rings (SSSR count). The summed E-state index contributed by atoms with van der Waals surface area (Å²) in [6.07, 6.45) is -0.294. The summed E-state index contributed by atoms with van der Waals surface area (Å²) in [5, 5.41) is 9.07. The zero-order chi connectivity index (χ0) is 13.0. The van der Waals surface area contributed by atoms with Gasteiger partial charge in [-0.3, -0.25) is 4.79 Å². The average molecular weight is 251 g/mol. The summed E-state index contributed by atoms with van der Waals surface area (Å²) in [5.41, 5.74) is 0.540. The number of carbonyl (C=O) groups is 1. The molecule has 1 N–H and O–H groups in total. The molecule has 0 bridgehead atoms. The second-order valence-electron chi connectivity index (χ2n) is 4.13. The zero-order valence-corrected chi connectivity index (χ0v) is 10.3. The van der Waals surface area contributed by atoms with E-state index in [1.165, 1.54) is 0 Å². The molecule has 0 saturated carbocycles. The molecule has 1 amide bonds. The van der Waals surface area contributed by atoms with Gasteiger partial charge >= 0.3 is 0 Å². The Hall–Kier alpha value is -1.59. The largest absolute Gasteiger partial charge is 0.496 e. The highest BCUT2D eigenvalue weighted by atomic mass is 16.5. The Bertz CT molecular complexity index is 421. The van der Waals surface area contributed by atoms with Crippen LogP contribution in [0.1, 0.15) is 10.4 Å². The molecule has 18 heavy (non-hydrogen) atoms. The Balaban J connectivity index is 2.15. The molecule has 0 radical (unpaired) electrons. The molecular weight excluding hydrogens is 234 g/mol. The standard InChI is InChI=1S/C13H17NO4/c1-17-12-5-3-2-4-11(12)13(16)14-6-7-18-10(8-14)9-15/h2-5,10,15H,6-9H2,1H3. The summed E-state index contributed by atoms with van der Waals surface area (Å²) < 4.78 is 10.5. The van der Waals surface area contributed by atoms with E-state index in [1.807, 2.05) is 6.07 Å². The first kappa shape index (κ1) is 12.9. The predicted octanol–water partition coefficient (Wildman–Crippen LogP) is 0.528. The number of hydrogen-bond donors (Lipinski definition) is 1. The van der Waals surface area contributed by atoms with Gasteiger partial charge in [0, 0.05) is 13.1 Å². The quantitative estimate of drug-likeness (QED) is 0.851. The van der Waals surface area contributed by atoms with Crippen molar-refractivity contribution in [3.05, 3.63) is 29.8 Å². The Morgan fingerprint density at radius 1 is 1.56 bits per heavy atom. The summed E-state index contributed by atoms with van der Waals surface area (Å²) in [4.78, 5) is 14.0. The van der Waals surface area contributed by atoms with Crippen LogP contribution in [-0.4, -0.2) is 55.4 Å². The van der Waals surface area contributed by atoms with Gasteiger partial charge in [-0.15, -0.1) is 0 Å². The Morgan fingerprint density at radius 2 is 2.33 bits per heavy atom. The van der Waals surface area contributed by atoms with Gasteiger partial charge in [-0.05, 0) is 12.1 Å². The molecule has 1 heterocycles. The molecule has 1 fully saturated rings. The first-order valence-electron chi connectivity index (χ1n) is 5.91. The number of aliphatic hydroxyl groups is 1. The lowest BCUT2D eigenvalue weighted by atomic mass is 10.1. The van der Waals surface area contributed by atoms with Gasteiger partial charge < -0.3 is 19.5 Å². The number of methoxy groups -OCH3 is 1. The maximum atomic E-state index is 12.3. The number of nitrogens with zero attached hydrogens (tertiary/aromatic N) is 1. The van der Waals surface area contributed by atoms with Gasteiger partial charge in [0.15, 0.2) is 0 Å². The molecule has 1 saturated heterocycles. The molecule has 5 heteroatoms. The molecule has 0 aromatic heterocycles. The second-order valence-corrected chi connectivity index (χ2v) is 4.13. The number of aliphatic hydroxyl groups excluding tert-OH is 1. The summed E-state index contributed by atoms with van der Waals surface area (Å²) >= 11 is 0. The van der Waals surface area contributed by atoms with Gasteiger partial charge in [0.2, 0.25) is 0 Å². The van der Waals surface area contributed by atoms with Crippen LogP contribution in [0, 0.1) is 0 Å². The lowest BCUT2D eigenvalue weighted by Gasteiger charge is -2.32. The maximum absolute atomic E-state index is 12.3. The van der Waals surface area contributed by atoms with E-state index < -0.39 is 0 Å². The molecule has 0 spiro atoms. The van der Waals surface area contributed by atoms with Crippen LogP contribution >= 0.6 is 0 Å². The van der Waals surface area contributed by atoms with E-state index in [9.17, 15) is 4.79 Å². The fourth-order valence-corrected chi connectivity index (χ4v) is 2.01. The number of hydrogen-bond acceptors (Lipinski definition) is 4. The van der Waals surface area contributed by atoms with Crippen molar-refractivity contribution in [3.63, 3.8) is 0 Å². The van der Waals surface area contributed by atoms with Crippen molar-refractivity contribution in [1.29, 1.82) is 0 Å². The first-order valence-corrected chi connectivity index (χ1v) is 5.91. The number of para-hydroxylation sites is 1. The number of rotatable bonds is 3. The normalized spacial score (nSPS) is 19.7. The molecule has 1 unspecified atom stereocenters. The minimum atomic E-state index is -0.294. The minimum absolute atomic E-state index is 0.0737. The lowest BCUT2D eigenvalue weighted by Crippen LogP contribution is -2.46. The van der Waals surface area contributed by atoms with Crippen molar-refractivity contribution < 1.29 is 19.4 Å². The third kappa shape index (κ3) is 2.63. The van der Waals surface area contributed by atoms with E-state index in [0.29, 0.717) is 31.0 Å². The van der Waals surface area contributed by atoms with Crippen LogP contribution in [0.4, 0.5) is 0 Å². The molecule has 1 aromatic rings. The smallest absolute Gasteiger partial charge is 0.257 e. The van der Waals surface area contributed by atoms with Crippen LogP contribution in [-0.2, 0) is 4.74 Å². The molecule has 98 valence electrons. The van der Waals surface area contributed by atoms with E-state index in [4.69, 9.17) is 14.6 Å². The highest BCUT2D eigenvalue weighted by Crippen LogP contribution is 2.20. The van der Waals surface area contributed by atoms with Gasteiger partial charge in [0.05, 0.1) is 32.0 Å². The van der Waals surface area contributed by atoms with E-state index in [2.05, 4.69) is 0 Å². The van der Waals surface area contributed by atoms with Crippen LogP contribution in [0.25, 0.3) is 0 Å². The maximum Gasteiger partial charge on any atom is 0.257 e. The zero-order valence-electron chi connectivity index (χ0n) is 10.3. The lowest BCUT2D eigenvalue weighted by molar-refractivity contribution is -0.0447. The van der Waals surface area contributed by atoms with Crippen LogP contribution in [0.5, 0.6) is 5.75 Å². The van der Waals surface area contributed by atoms with E-state index in [-0.39, 0.29) is 18.6 Å². The number of carbonyl (C=O) groups excluding carboxylic acids is 1. The fourth-order valence-electron chi connectivity index (χ4n) is 2.01. The average Bonchev–Trinajstić information content (AvgIpc) is 2.46. The monoisotopic (exact) mass is 251 g/mol. The number of amides is 1. The van der Waals surface area contributed by atoms with E-state index in [0.717, 1.165) is 0 Å². The van der Waals surface area contributed by atoms with Crippen LogP contribution < -0.4 is 4.74 Å². The van der Waals surface area contributed by atoms with Crippen molar-refractivity contribution in [2.45, 2.75) is 6.10 Å². The fraction of sp³-hybridized carbons (Fsp3) is 0.462. The molecular formula is C13H17NO4. The van der Waals surface area contributed by atoms with Gasteiger partial charge in [0.25, 0.3) is 5.91 Å². The summed E-state index contributed by atoms with van der Waals surface area (Å²) in [5.74, 6) is 0.476. The van der Waals surface area contributed by atoms with Gasteiger partial charge in [0.1, 0.15) is 5.75 Å². The number of ether oxygens (including phenoxy) is 2. The van der Waals surface area contributed by atoms with Crippen molar-refractivity contribution in [2.24, 2.45) is 0 Å². The van der Waals surface area contributed by atoms with Crippen LogP contribution in [0.3, 0.4) is 0 Å². The van der Waals surface area contributed by atoms with Crippen LogP contribution in [0.15, 0.2) is 24.3 Å². The Morgan fingerprint density at radius 3 is 3.06 bits per heavy atom. The van der Waals surface area contributed by atoms with Gasteiger partial charge in [-0.1, -0.05) is 12.1 Å². The molecule has 1 aliphatic rings. The van der Waals surface area contributed by atoms with Crippen molar-refractivity contribution >= 4 is 5.91 Å². The second kappa shape index (κ2) is 5.84. The molecule has 1 aromatic carbocycles. The van der Waals surface area contributed by atoms with Crippen molar-refractivity contribution in [2.75, 3.05) is 33.4 Å². The van der Waals surface area contributed by atoms with Gasteiger partial charge in [-0.25, -0.2) is 0 Å². The molecule has 1 aliphatic heterocycles. The highest BCUT2D eigenvalue weighted by Gasteiger charge is 2.25. The summed E-state index contributed by atoms with van der Waals surface area (Å²) in [6, 6.07) is 7.13. The molecule has 1 atom stereocenters. The van der Waals surface area contributed by atoms with Crippen LogP contribution in [0.2, 0.25) is 0 Å². The Labute approximate surface area is 106 Å². The van der Waals surface area contributed by atoms with Crippen molar-refractivity contribution in [1.82, 2.24) is 4.90 Å². The topological polar surface area (TPSA) is 59.0 Å². The third-order valence-electron chi connectivity index (χ3n) is 2.97. The SMILES string of the molecule is COc1ccccc1C(=O)N1CCOC(CO)C1. The highest BCUT2D eigenvalue weighted by molar-refractivity contribution is 5.97. The summed E-state index contributed by atoms with van der Waals surface area (Å²) in [6.45, 7) is 1.32. The third-order valence-corrected chi connectivity index (χ3v) is 2.97.